The first-order valence-corrected chi connectivity index (χ1v) is 15.0. The third-order valence-corrected chi connectivity index (χ3v) is 9.35. The average Bonchev–Trinajstić information content (AvgIpc) is 3.71. The van der Waals surface area contributed by atoms with Gasteiger partial charge in [0.05, 0.1) is 36.3 Å². The van der Waals surface area contributed by atoms with Gasteiger partial charge in [0.1, 0.15) is 28.0 Å². The summed E-state index contributed by atoms with van der Waals surface area (Å²) >= 11 is 1.25. The van der Waals surface area contributed by atoms with E-state index >= 15 is 0 Å². The smallest absolute Gasteiger partial charge is 0.346 e. The highest BCUT2D eigenvalue weighted by molar-refractivity contribution is 7.20. The van der Waals surface area contributed by atoms with Crippen LogP contribution in [0.15, 0.2) is 36.4 Å². The molecule has 1 aromatic carbocycles. The van der Waals surface area contributed by atoms with Crippen LogP contribution in [0.5, 0.6) is 5.88 Å². The number of rotatable bonds is 9. The summed E-state index contributed by atoms with van der Waals surface area (Å²) < 4.78 is 28.2. The first-order valence-electron chi connectivity index (χ1n) is 14.2. The summed E-state index contributed by atoms with van der Waals surface area (Å²) in [7, 11) is 0. The number of likely N-dealkylation sites (tertiary alicyclic amines) is 1. The summed E-state index contributed by atoms with van der Waals surface area (Å²) in [6.07, 6.45) is 4.03. The van der Waals surface area contributed by atoms with Crippen LogP contribution in [-0.2, 0) is 24.4 Å². The van der Waals surface area contributed by atoms with E-state index in [-0.39, 0.29) is 24.2 Å². The molecule has 0 amide bonds. The normalized spacial score (nSPS) is 18.0. The third kappa shape index (κ3) is 5.88. The fourth-order valence-electron chi connectivity index (χ4n) is 5.91. The van der Waals surface area contributed by atoms with Crippen LogP contribution >= 0.6 is 11.3 Å². The van der Waals surface area contributed by atoms with E-state index in [4.69, 9.17) is 24.7 Å². The fraction of sp³-hybridized carbons (Fsp3) is 0.419. The third-order valence-electron chi connectivity index (χ3n) is 8.19. The van der Waals surface area contributed by atoms with Crippen molar-refractivity contribution in [3.05, 3.63) is 75.3 Å². The van der Waals surface area contributed by atoms with Crippen molar-refractivity contribution < 1.29 is 23.8 Å². The molecule has 6 rings (SSSR count). The van der Waals surface area contributed by atoms with Gasteiger partial charge in [-0.2, -0.15) is 5.26 Å². The Morgan fingerprint density at radius 1 is 1.24 bits per heavy atom. The number of hydrogen-bond donors (Lipinski definition) is 1. The maximum atomic E-state index is 14.2. The Hall–Kier alpha value is -3.85. The van der Waals surface area contributed by atoms with Crippen LogP contribution in [0, 0.1) is 24.1 Å². The van der Waals surface area contributed by atoms with Gasteiger partial charge in [-0.05, 0) is 63.9 Å². The molecule has 1 N–H and O–H groups in total. The minimum atomic E-state index is -0.910. The van der Waals surface area contributed by atoms with Gasteiger partial charge >= 0.3 is 5.97 Å². The number of carbonyl (C=O) groups is 1. The zero-order valence-corrected chi connectivity index (χ0v) is 24.2. The molecular formula is C31H32FN5O4S. The van der Waals surface area contributed by atoms with Gasteiger partial charge in [-0.15, -0.1) is 11.3 Å². The summed E-state index contributed by atoms with van der Waals surface area (Å²) in [6.45, 7) is 5.81. The molecule has 0 bridgehead atoms. The Balaban J connectivity index is 1.11. The van der Waals surface area contributed by atoms with Crippen LogP contribution in [0.2, 0.25) is 0 Å². The van der Waals surface area contributed by atoms with Gasteiger partial charge in [0.2, 0.25) is 5.88 Å². The molecule has 4 aromatic rings. The monoisotopic (exact) mass is 589 g/mol. The standard InChI is InChI=1S/C31H32FN5O4S/c1-19-28-30(42-29(19)31(38)39)35-26(37(28)16-23-4-3-13-40-23)17-36-11-9-21(10-12-36)25-5-2-6-27(34-25)41-18-22-8-7-20(15-33)14-24(22)32/h2,5-8,14,21,23H,3-4,9-13,16-18H2,1H3,(H,38,39). The molecule has 3 aromatic heterocycles. The number of aromatic carboxylic acids is 1. The summed E-state index contributed by atoms with van der Waals surface area (Å²) in [5.41, 5.74) is 3.30. The van der Waals surface area contributed by atoms with Crippen LogP contribution in [0.4, 0.5) is 4.39 Å². The Kier molecular flexibility index (Phi) is 8.20. The molecule has 1 unspecified atom stereocenters. The number of ether oxygens (including phenoxy) is 2. The quantitative estimate of drug-likeness (QED) is 0.267. The molecule has 0 radical (unpaired) electrons. The number of fused-ring (bicyclic) bond motifs is 1. The summed E-state index contributed by atoms with van der Waals surface area (Å²) in [6, 6.07) is 12.0. The number of carboxylic acids is 1. The van der Waals surface area contributed by atoms with E-state index in [0.717, 1.165) is 72.8 Å². The molecule has 0 aliphatic carbocycles. The molecule has 2 fully saturated rings. The van der Waals surface area contributed by atoms with Gasteiger partial charge in [0, 0.05) is 35.4 Å². The molecule has 42 heavy (non-hydrogen) atoms. The molecule has 9 nitrogen and oxygen atoms in total. The highest BCUT2D eigenvalue weighted by atomic mass is 32.1. The minimum absolute atomic E-state index is 0.0376. The van der Waals surface area contributed by atoms with Crippen molar-refractivity contribution in [1.82, 2.24) is 19.4 Å². The second-order valence-electron chi connectivity index (χ2n) is 10.9. The van der Waals surface area contributed by atoms with Crippen LogP contribution in [0.1, 0.15) is 69.5 Å². The van der Waals surface area contributed by atoms with Gasteiger partial charge in [0.15, 0.2) is 0 Å². The largest absolute Gasteiger partial charge is 0.477 e. The van der Waals surface area contributed by atoms with Crippen molar-refractivity contribution >= 4 is 27.7 Å². The van der Waals surface area contributed by atoms with Crippen molar-refractivity contribution in [3.63, 3.8) is 0 Å². The van der Waals surface area contributed by atoms with Crippen LogP contribution in [0.3, 0.4) is 0 Å². The van der Waals surface area contributed by atoms with Gasteiger partial charge < -0.3 is 19.1 Å². The number of aromatic nitrogens is 3. The molecule has 1 atom stereocenters. The second kappa shape index (κ2) is 12.2. The molecule has 2 aliphatic rings. The number of thiophene rings is 1. The minimum Gasteiger partial charge on any atom is -0.477 e. The number of imidazole rings is 1. The van der Waals surface area contributed by atoms with Gasteiger partial charge in [-0.1, -0.05) is 12.1 Å². The molecular weight excluding hydrogens is 557 g/mol. The van der Waals surface area contributed by atoms with E-state index in [0.29, 0.717) is 29.4 Å². The van der Waals surface area contributed by atoms with E-state index in [1.165, 1.54) is 17.4 Å². The number of aryl methyl sites for hydroxylation is 1. The van der Waals surface area contributed by atoms with Crippen LogP contribution < -0.4 is 4.74 Å². The highest BCUT2D eigenvalue weighted by Crippen LogP contribution is 2.34. The van der Waals surface area contributed by atoms with Crippen LogP contribution in [-0.4, -0.2) is 56.3 Å². The first-order chi connectivity index (χ1) is 20.4. The van der Waals surface area contributed by atoms with E-state index in [1.54, 1.807) is 18.2 Å². The lowest BCUT2D eigenvalue weighted by Crippen LogP contribution is -2.34. The predicted octanol–water partition coefficient (Wildman–Crippen LogP) is 5.65. The first kappa shape index (κ1) is 28.3. The summed E-state index contributed by atoms with van der Waals surface area (Å²) in [5.74, 6) is 0.311. The Bertz CT molecular complexity index is 1650. The Morgan fingerprint density at radius 2 is 2.07 bits per heavy atom. The SMILES string of the molecule is Cc1c(C(=O)O)sc2nc(CN3CCC(c4cccc(OCc5ccc(C#N)cc5F)n4)CC3)n(CC3CCCO3)c12. The molecule has 2 saturated heterocycles. The average molecular weight is 590 g/mol. The Labute approximate surface area is 247 Å². The molecule has 5 heterocycles. The predicted molar refractivity (Wildman–Crippen MR) is 155 cm³/mol. The van der Waals surface area contributed by atoms with Crippen molar-refractivity contribution in [2.24, 2.45) is 0 Å². The molecule has 2 aliphatic heterocycles. The Morgan fingerprint density at radius 3 is 2.79 bits per heavy atom. The van der Waals surface area contributed by atoms with Gasteiger partial charge in [-0.3, -0.25) is 4.90 Å². The van der Waals surface area contributed by atoms with Crippen molar-refractivity contribution in [2.45, 2.75) is 64.3 Å². The highest BCUT2D eigenvalue weighted by Gasteiger charge is 2.28. The van der Waals surface area contributed by atoms with E-state index in [9.17, 15) is 14.3 Å². The molecule has 218 valence electrons. The van der Waals surface area contributed by atoms with Gasteiger partial charge in [0.25, 0.3) is 0 Å². The lowest BCUT2D eigenvalue weighted by molar-refractivity contribution is 0.0701. The molecule has 0 saturated carbocycles. The molecule has 11 heteroatoms. The maximum absolute atomic E-state index is 14.2. The number of nitrogens with zero attached hydrogens (tertiary/aromatic N) is 5. The number of benzene rings is 1. The zero-order valence-electron chi connectivity index (χ0n) is 23.4. The van der Waals surface area contributed by atoms with E-state index in [1.807, 2.05) is 25.1 Å². The summed E-state index contributed by atoms with van der Waals surface area (Å²) in [4.78, 5) is 24.9. The molecule has 0 spiro atoms. The lowest BCUT2D eigenvalue weighted by atomic mass is 9.93. The number of halogens is 1. The fourth-order valence-corrected chi connectivity index (χ4v) is 6.96. The summed E-state index contributed by atoms with van der Waals surface area (Å²) in [5, 5.41) is 18.6. The lowest BCUT2D eigenvalue weighted by Gasteiger charge is -2.31. The topological polar surface area (TPSA) is 113 Å². The van der Waals surface area contributed by atoms with Crippen molar-refractivity contribution in [3.8, 4) is 11.9 Å². The van der Waals surface area contributed by atoms with Crippen LogP contribution in [0.25, 0.3) is 10.3 Å². The number of hydrogen-bond acceptors (Lipinski definition) is 8. The second-order valence-corrected chi connectivity index (χ2v) is 11.9. The van der Waals surface area contributed by atoms with Crippen molar-refractivity contribution in [1.29, 1.82) is 5.26 Å². The van der Waals surface area contributed by atoms with E-state index in [2.05, 4.69) is 9.47 Å². The van der Waals surface area contributed by atoms with E-state index < -0.39 is 11.8 Å². The van der Waals surface area contributed by atoms with Crippen molar-refractivity contribution in [2.75, 3.05) is 19.7 Å². The number of nitriles is 1. The number of pyridine rings is 1. The maximum Gasteiger partial charge on any atom is 0.346 e. The number of carboxylic acid groups (broad SMARTS) is 1. The zero-order chi connectivity index (χ0) is 29.2. The van der Waals surface area contributed by atoms with Gasteiger partial charge in [-0.25, -0.2) is 19.2 Å². The number of piperidine rings is 1.